The van der Waals surface area contributed by atoms with Crippen LogP contribution in [0, 0.1) is 63.2 Å². The maximum atomic E-state index is 13.7. The Kier molecular flexibility index (Phi) is 37.3. The maximum Gasteiger partial charge on any atom is 0.488 e. The van der Waals surface area contributed by atoms with Gasteiger partial charge in [-0.15, -0.1) is 25.7 Å². The summed E-state index contributed by atoms with van der Waals surface area (Å²) in [7, 11) is -1.85. The van der Waals surface area contributed by atoms with Gasteiger partial charge in [0, 0.05) is 65.7 Å². The molecule has 8 amide bonds. The number of aryl methyl sites for hydroxylation is 2. The quantitative estimate of drug-likeness (QED) is 0.0212. The first-order chi connectivity index (χ1) is 64.6. The van der Waals surface area contributed by atoms with E-state index in [1.807, 2.05) is 48.8 Å². The van der Waals surface area contributed by atoms with E-state index in [0.29, 0.717) is 11.1 Å². The minimum absolute atomic E-state index is 0.0464. The molecule has 13 rings (SSSR count). The number of anilines is 5. The molecule has 0 radical (unpaired) electrons. The molecule has 8 aromatic rings. The number of hydrogen-bond acceptors (Lipinski definition) is 11. The molecule has 19 nitrogen and oxygen atoms in total. The standard InChI is InChI=1S/C28H30F3N3O2.C26H27F3N2O2.C24H24BF3N2O4.C24H21Cl2F3N2O2/c1-2-25(35)34(24-12-8-9-21(19-24)28(29,30)31)26(27(36)32-22-10-4-3-5-11-22)20-13-15-23(16-14-20)33-17-6-7-18-33;1-4-23(32)31(21-12-8-9-19(16-21)26(27,28)29)24(22-14-13-17(2)15-18(22)3)25(33)30-20-10-6-5-7-11-20;1-2-21(31)30(20-13-7-9-17(15-20)24(26,27)28)22(16-8-6-10-18(14-16)25(33)34)23(32)29-19-11-4-3-5-12-19;1-2-21(32)31(18-10-6-7-16(14-18)24(27,28)29)22(15-11-12-19(25)20(26)13-15)23(33)30-17-8-4-3-5-9-17/h1,8-9,12-16,19,22,26H,3-7,10-11,17-18H2,(H,32,36);1,8-9,12-16,20,24H,5-7,10-11H2,2-3H3,(H,30,33);1,6-10,13-15,19,22,33-34H,3-5,11-12H2,(H,29,32);1,6-7,10-14,17,22H,3-5,8-9H2,(H,30,33). The van der Waals surface area contributed by atoms with Gasteiger partial charge in [0.1, 0.15) is 24.2 Å². The van der Waals surface area contributed by atoms with Crippen LogP contribution < -0.4 is 51.2 Å². The monoisotopic (exact) mass is 1920 g/mol. The Labute approximate surface area is 792 Å². The highest BCUT2D eigenvalue weighted by molar-refractivity contribution is 6.58. The van der Waals surface area contributed by atoms with Gasteiger partial charge < -0.3 is 36.2 Å². The molecule has 1 aliphatic heterocycles. The van der Waals surface area contributed by atoms with Crippen LogP contribution >= 0.6 is 23.2 Å². The molecule has 136 heavy (non-hydrogen) atoms. The van der Waals surface area contributed by atoms with Gasteiger partial charge in [0.2, 0.25) is 23.6 Å². The fourth-order valence-electron chi connectivity index (χ4n) is 17.4. The second-order valence-electron chi connectivity index (χ2n) is 33.8. The minimum atomic E-state index is -4.68. The third kappa shape index (κ3) is 28.5. The van der Waals surface area contributed by atoms with Crippen LogP contribution in [0.4, 0.5) is 81.1 Å². The lowest BCUT2D eigenvalue weighted by Crippen LogP contribution is -2.47. The van der Waals surface area contributed by atoms with Crippen molar-refractivity contribution < 1.29 is 101 Å². The summed E-state index contributed by atoms with van der Waals surface area (Å²) < 4.78 is 161. The molecule has 34 heteroatoms. The molecule has 8 aromatic carbocycles. The first-order valence-corrected chi connectivity index (χ1v) is 45.3. The normalized spacial score (nSPS) is 15.9. The number of benzene rings is 8. The molecule has 716 valence electrons. The molecule has 1 saturated heterocycles. The van der Waals surface area contributed by atoms with Gasteiger partial charge in [0.15, 0.2) is 0 Å². The molecular weight excluding hydrogens is 1820 g/mol. The number of amides is 8. The predicted octanol–water partition coefficient (Wildman–Crippen LogP) is 19.7. The van der Waals surface area contributed by atoms with Crippen molar-refractivity contribution in [2.45, 2.75) is 228 Å². The number of carbonyl (C=O) groups is 8. The number of nitrogens with one attached hydrogen (secondary N) is 4. The van der Waals surface area contributed by atoms with Crippen LogP contribution in [-0.4, -0.2) is 102 Å². The van der Waals surface area contributed by atoms with E-state index in [1.165, 1.54) is 78.9 Å². The van der Waals surface area contributed by atoms with Gasteiger partial charge in [-0.25, -0.2) is 0 Å². The van der Waals surface area contributed by atoms with Crippen molar-refractivity contribution in [1.82, 2.24) is 21.3 Å². The van der Waals surface area contributed by atoms with Gasteiger partial charge in [0.05, 0.1) is 32.3 Å². The lowest BCUT2D eigenvalue weighted by molar-refractivity contribution is -0.138. The molecule has 5 aliphatic rings. The average Bonchev–Trinajstić information content (AvgIpc) is 0.855. The van der Waals surface area contributed by atoms with E-state index < -0.39 is 126 Å². The van der Waals surface area contributed by atoms with E-state index in [2.05, 4.69) is 26.2 Å². The highest BCUT2D eigenvalue weighted by Crippen LogP contribution is 2.43. The van der Waals surface area contributed by atoms with Crippen molar-refractivity contribution in [2.24, 2.45) is 0 Å². The van der Waals surface area contributed by atoms with Crippen molar-refractivity contribution >= 4 is 111 Å². The molecule has 0 spiro atoms. The van der Waals surface area contributed by atoms with E-state index in [1.54, 1.807) is 31.2 Å². The SMILES string of the molecule is C#CC(=O)N(c1cccc(C(F)(F)F)c1)C(C(=O)NC1CCCCC1)c1ccc(C)cc1C.C#CC(=O)N(c1cccc(C(F)(F)F)c1)C(C(=O)NC1CCCCC1)c1ccc(Cl)c(Cl)c1.C#CC(=O)N(c1cccc(C(F)(F)F)c1)C(C(=O)NC1CCCCC1)c1ccc(N2CCCC2)cc1.C#CC(=O)N(c1cccc(C(F)(F)F)c1)C(C(=O)NC1CCCCC1)c1cccc(B(O)O)c1. The van der Waals surface area contributed by atoms with Crippen LogP contribution in [-0.2, 0) is 63.1 Å². The molecule has 0 aromatic heterocycles. The van der Waals surface area contributed by atoms with E-state index in [-0.39, 0.29) is 73.6 Å². The number of carbonyl (C=O) groups excluding carboxylic acids is 8. The van der Waals surface area contributed by atoms with Gasteiger partial charge in [-0.05, 0) is 232 Å². The topological polar surface area (TPSA) is 241 Å². The van der Waals surface area contributed by atoms with E-state index in [0.717, 1.165) is 251 Å². The van der Waals surface area contributed by atoms with Crippen LogP contribution in [0.3, 0.4) is 0 Å². The second kappa shape index (κ2) is 48.1. The van der Waals surface area contributed by atoms with Crippen molar-refractivity contribution in [3.63, 3.8) is 0 Å². The molecule has 4 unspecified atom stereocenters. The maximum absolute atomic E-state index is 13.7. The zero-order chi connectivity index (χ0) is 98.9. The molecule has 5 fully saturated rings. The minimum Gasteiger partial charge on any atom is -0.423 e. The van der Waals surface area contributed by atoms with Gasteiger partial charge in [-0.2, -0.15) is 52.7 Å². The zero-order valence-electron chi connectivity index (χ0n) is 74.5. The van der Waals surface area contributed by atoms with Gasteiger partial charge in [0.25, 0.3) is 0 Å². The van der Waals surface area contributed by atoms with Gasteiger partial charge in [-0.3, -0.25) is 58.0 Å². The molecule has 1 heterocycles. The first-order valence-electron chi connectivity index (χ1n) is 44.6. The first kappa shape index (κ1) is 105. The summed E-state index contributed by atoms with van der Waals surface area (Å²) in [6, 6.07) is 33.8. The van der Waals surface area contributed by atoms with Crippen molar-refractivity contribution in [2.75, 3.05) is 37.6 Å². The number of alkyl halides is 12. The number of halogens is 14. The molecular formula is C102H102BCl2F12N9O10. The summed E-state index contributed by atoms with van der Waals surface area (Å²) in [5.74, 6) is 1.93. The zero-order valence-corrected chi connectivity index (χ0v) is 76.0. The van der Waals surface area contributed by atoms with Crippen molar-refractivity contribution in [3.05, 3.63) is 248 Å². The highest BCUT2D eigenvalue weighted by atomic mass is 35.5. The summed E-state index contributed by atoms with van der Waals surface area (Å²) in [6.45, 7) is 5.58. The summed E-state index contributed by atoms with van der Waals surface area (Å²) in [6.07, 6.45) is 23.4. The van der Waals surface area contributed by atoms with Gasteiger partial charge in [-0.1, -0.05) is 191 Å². The lowest BCUT2D eigenvalue weighted by Gasteiger charge is -2.33. The molecule has 4 aliphatic carbocycles. The summed E-state index contributed by atoms with van der Waals surface area (Å²) >= 11 is 12.2. The smallest absolute Gasteiger partial charge is 0.423 e. The molecule has 4 saturated carbocycles. The third-order valence-electron chi connectivity index (χ3n) is 24.2. The Hall–Kier alpha value is -12.7. The van der Waals surface area contributed by atoms with Crippen LogP contribution in [0.5, 0.6) is 0 Å². The number of nitrogens with zero attached hydrogens (tertiary/aromatic N) is 5. The molecule has 6 N–H and O–H groups in total. The number of hydrogen-bond donors (Lipinski definition) is 6. The highest BCUT2D eigenvalue weighted by Gasteiger charge is 2.43. The van der Waals surface area contributed by atoms with E-state index in [9.17, 15) is 101 Å². The van der Waals surface area contributed by atoms with Crippen LogP contribution in [0.25, 0.3) is 0 Å². The summed E-state index contributed by atoms with van der Waals surface area (Å²) in [5, 5.41) is 31.4. The fraction of sp³-hybridized carbons (Fsp3) is 0.373. The number of rotatable bonds is 22. The molecule has 0 bridgehead atoms. The van der Waals surface area contributed by atoms with Crippen LogP contribution in [0.15, 0.2) is 182 Å². The number of terminal acetylenes is 4. The Balaban J connectivity index is 0.000000188. The lowest BCUT2D eigenvalue weighted by atomic mass is 9.79. The van der Waals surface area contributed by atoms with Crippen LogP contribution in [0.2, 0.25) is 10.0 Å². The fourth-order valence-corrected chi connectivity index (χ4v) is 17.8. The summed E-state index contributed by atoms with van der Waals surface area (Å²) in [5.41, 5.74) is -0.232. The third-order valence-corrected chi connectivity index (χ3v) is 24.9. The summed E-state index contributed by atoms with van der Waals surface area (Å²) in [4.78, 5) is 112. The molecule has 4 atom stereocenters. The Bertz CT molecular complexity index is 5720. The Morgan fingerprint density at radius 2 is 0.662 bits per heavy atom. The Morgan fingerprint density at radius 1 is 0.360 bits per heavy atom. The van der Waals surface area contributed by atoms with Crippen molar-refractivity contribution in [3.8, 4) is 49.4 Å². The van der Waals surface area contributed by atoms with E-state index in [4.69, 9.17) is 48.9 Å². The average molecular weight is 1920 g/mol. The van der Waals surface area contributed by atoms with Crippen molar-refractivity contribution in [1.29, 1.82) is 0 Å². The largest absolute Gasteiger partial charge is 0.488 e. The van der Waals surface area contributed by atoms with Gasteiger partial charge >= 0.3 is 55.5 Å². The Morgan fingerprint density at radius 3 is 0.971 bits per heavy atom. The second-order valence-corrected chi connectivity index (χ2v) is 34.6. The van der Waals surface area contributed by atoms with E-state index >= 15 is 0 Å². The van der Waals surface area contributed by atoms with Crippen LogP contribution in [0.1, 0.15) is 221 Å². The predicted molar refractivity (Wildman–Crippen MR) is 499 cm³/mol.